The van der Waals surface area contributed by atoms with Crippen LogP contribution in [0.25, 0.3) is 33.2 Å². The summed E-state index contributed by atoms with van der Waals surface area (Å²) in [6, 6.07) is 21.4. The van der Waals surface area contributed by atoms with Crippen molar-refractivity contribution in [1.82, 2.24) is 0 Å². The molecule has 30 heavy (non-hydrogen) atoms. The molecule has 0 fully saturated rings. The highest BCUT2D eigenvalue weighted by molar-refractivity contribution is 6.77. The van der Waals surface area contributed by atoms with Crippen LogP contribution >= 0.6 is 0 Å². The van der Waals surface area contributed by atoms with Crippen molar-refractivity contribution >= 4 is 45.8 Å². The van der Waals surface area contributed by atoms with E-state index in [-0.39, 0.29) is 7.05 Å². The van der Waals surface area contributed by atoms with E-state index in [0.29, 0.717) is 0 Å². The predicted octanol–water partition coefficient (Wildman–Crippen LogP) is 4.45. The van der Waals surface area contributed by atoms with Crippen LogP contribution in [0.5, 0.6) is 5.75 Å². The van der Waals surface area contributed by atoms with Crippen molar-refractivity contribution in [2.45, 2.75) is 13.5 Å². The molecule has 3 aliphatic rings. The lowest BCUT2D eigenvalue weighted by Gasteiger charge is -2.27. The van der Waals surface area contributed by atoms with Crippen LogP contribution < -0.4 is 19.5 Å². The molecule has 0 saturated carbocycles. The molecule has 5 heteroatoms. The first-order valence-corrected chi connectivity index (χ1v) is 10.3. The van der Waals surface area contributed by atoms with E-state index < -0.39 is 0 Å². The second kappa shape index (κ2) is 4.87. The summed E-state index contributed by atoms with van der Waals surface area (Å²) in [6.45, 7) is 3.08. The lowest BCUT2D eigenvalue weighted by atomic mass is 9.65. The first kappa shape index (κ1) is 15.2. The first-order chi connectivity index (χ1) is 14.8. The van der Waals surface area contributed by atoms with Crippen molar-refractivity contribution in [1.29, 1.82) is 0 Å². The van der Waals surface area contributed by atoms with Gasteiger partial charge in [-0.1, -0.05) is 36.4 Å². The average Bonchev–Trinajstić information content (AvgIpc) is 3.41. The van der Waals surface area contributed by atoms with Gasteiger partial charge in [0, 0.05) is 33.4 Å². The van der Waals surface area contributed by atoms with Crippen LogP contribution in [0.2, 0.25) is 0 Å². The zero-order valence-electron chi connectivity index (χ0n) is 16.3. The van der Waals surface area contributed by atoms with E-state index in [1.165, 1.54) is 33.5 Å². The SMILES string of the molecule is Cc1cc2c3[n+](c1)Cc1cccc(c1-3)B1Oc3cc4c(cc3N12)oc1ccccc14. The summed E-state index contributed by atoms with van der Waals surface area (Å²) < 4.78 is 15.2. The topological polar surface area (TPSA) is 29.5 Å². The van der Waals surface area contributed by atoms with Gasteiger partial charge in [-0.3, -0.25) is 0 Å². The Hall–Kier alpha value is -3.73. The minimum absolute atomic E-state index is 0.145. The molecule has 5 heterocycles. The summed E-state index contributed by atoms with van der Waals surface area (Å²) in [7, 11) is -0.145. The van der Waals surface area contributed by atoms with Crippen molar-refractivity contribution in [2.75, 3.05) is 4.81 Å². The largest absolute Gasteiger partial charge is 0.536 e. The number of pyridine rings is 1. The minimum atomic E-state index is -0.145. The van der Waals surface area contributed by atoms with E-state index in [1.54, 1.807) is 0 Å². The van der Waals surface area contributed by atoms with E-state index in [4.69, 9.17) is 9.07 Å². The number of nitrogens with zero attached hydrogens (tertiary/aromatic N) is 2. The molecule has 0 saturated heterocycles. The fourth-order valence-electron chi connectivity index (χ4n) is 5.57. The molecule has 0 unspecified atom stereocenters. The van der Waals surface area contributed by atoms with E-state index in [0.717, 1.165) is 39.9 Å². The summed E-state index contributed by atoms with van der Waals surface area (Å²) in [6.07, 6.45) is 2.25. The Morgan fingerprint density at radius 1 is 0.933 bits per heavy atom. The van der Waals surface area contributed by atoms with Crippen LogP contribution in [0.4, 0.5) is 11.4 Å². The molecule has 5 aromatic rings. The molecule has 0 bridgehead atoms. The van der Waals surface area contributed by atoms with Crippen molar-refractivity contribution in [3.8, 4) is 17.0 Å². The standard InChI is InChI=1S/C25H16BN2O2/c1-14-9-20-25-24-15(13-27(25)12-14)5-4-7-18(24)26-28(20)19-11-22-17(10-23(19)30-26)16-6-2-3-8-21(16)29-22/h2-12H,13H2,1H3/q+1. The quantitative estimate of drug-likeness (QED) is 0.285. The lowest BCUT2D eigenvalue weighted by molar-refractivity contribution is -0.671. The molecular weight excluding hydrogens is 371 g/mol. The number of fused-ring (bicyclic) bond motifs is 8. The monoisotopic (exact) mass is 387 g/mol. The molecule has 0 atom stereocenters. The van der Waals surface area contributed by atoms with Gasteiger partial charge in [-0.25, -0.2) is 0 Å². The molecule has 0 radical (unpaired) electrons. The van der Waals surface area contributed by atoms with Gasteiger partial charge in [0.05, 0.1) is 11.3 Å². The summed E-state index contributed by atoms with van der Waals surface area (Å²) >= 11 is 0. The highest BCUT2D eigenvalue weighted by Crippen LogP contribution is 2.50. The smallest absolute Gasteiger partial charge is 0.525 e. The molecule has 2 aromatic heterocycles. The number of hydrogen-bond acceptors (Lipinski definition) is 3. The van der Waals surface area contributed by atoms with Gasteiger partial charge in [-0.2, -0.15) is 4.57 Å². The van der Waals surface area contributed by atoms with Crippen LogP contribution in [0.15, 0.2) is 71.3 Å². The third kappa shape index (κ3) is 1.65. The van der Waals surface area contributed by atoms with Crippen molar-refractivity contribution in [3.63, 3.8) is 0 Å². The summed E-state index contributed by atoms with van der Waals surface area (Å²) in [5, 5.41) is 2.23. The Balaban J connectivity index is 1.46. The molecule has 0 N–H and O–H groups in total. The van der Waals surface area contributed by atoms with Crippen molar-refractivity contribution in [3.05, 3.63) is 78.0 Å². The molecule has 140 valence electrons. The second-order valence-electron chi connectivity index (χ2n) is 8.52. The molecule has 3 aliphatic heterocycles. The van der Waals surface area contributed by atoms with Gasteiger partial charge in [0.1, 0.15) is 22.6 Å². The number of aryl methyl sites for hydroxylation is 1. The number of furan rings is 1. The maximum Gasteiger partial charge on any atom is 0.525 e. The number of benzene rings is 3. The first-order valence-electron chi connectivity index (χ1n) is 10.3. The Morgan fingerprint density at radius 3 is 2.83 bits per heavy atom. The average molecular weight is 387 g/mol. The third-order valence-electron chi connectivity index (χ3n) is 6.73. The summed E-state index contributed by atoms with van der Waals surface area (Å²) in [4.78, 5) is 2.35. The molecular formula is C25H16BN2O2+. The van der Waals surface area contributed by atoms with E-state index >= 15 is 0 Å². The number of rotatable bonds is 0. The van der Waals surface area contributed by atoms with Crippen molar-refractivity contribution < 1.29 is 13.6 Å². The van der Waals surface area contributed by atoms with Gasteiger partial charge < -0.3 is 13.9 Å². The van der Waals surface area contributed by atoms with Gasteiger partial charge in [0.2, 0.25) is 5.69 Å². The van der Waals surface area contributed by atoms with Gasteiger partial charge in [0.15, 0.2) is 12.7 Å². The van der Waals surface area contributed by atoms with Crippen molar-refractivity contribution in [2.24, 2.45) is 0 Å². The molecule has 4 nitrogen and oxygen atoms in total. The highest BCUT2D eigenvalue weighted by atomic mass is 16.5. The Morgan fingerprint density at radius 2 is 1.87 bits per heavy atom. The normalized spacial score (nSPS) is 14.8. The van der Waals surface area contributed by atoms with Gasteiger partial charge in [-0.15, -0.1) is 0 Å². The molecule has 0 aliphatic carbocycles. The maximum absolute atomic E-state index is 6.61. The summed E-state index contributed by atoms with van der Waals surface area (Å²) in [5.74, 6) is 0.914. The van der Waals surface area contributed by atoms with E-state index in [9.17, 15) is 0 Å². The van der Waals surface area contributed by atoms with E-state index in [1.807, 2.05) is 12.1 Å². The zero-order chi connectivity index (χ0) is 19.6. The number of anilines is 2. The highest BCUT2D eigenvalue weighted by Gasteiger charge is 2.51. The van der Waals surface area contributed by atoms with Crippen LogP contribution in [0.1, 0.15) is 11.1 Å². The zero-order valence-corrected chi connectivity index (χ0v) is 16.3. The molecule has 0 spiro atoms. The predicted molar refractivity (Wildman–Crippen MR) is 118 cm³/mol. The van der Waals surface area contributed by atoms with Gasteiger partial charge in [0.25, 0.3) is 0 Å². The van der Waals surface area contributed by atoms with Crippen LogP contribution in [-0.4, -0.2) is 7.05 Å². The second-order valence-corrected chi connectivity index (χ2v) is 8.52. The fourth-order valence-corrected chi connectivity index (χ4v) is 5.57. The Bertz CT molecular complexity index is 1590. The van der Waals surface area contributed by atoms with Gasteiger partial charge in [-0.05, 0) is 25.1 Å². The minimum Gasteiger partial charge on any atom is -0.536 e. The molecule has 0 amide bonds. The molecule has 3 aromatic carbocycles. The van der Waals surface area contributed by atoms with Crippen LogP contribution in [-0.2, 0) is 6.54 Å². The lowest BCUT2D eigenvalue weighted by Crippen LogP contribution is -2.51. The number of para-hydroxylation sites is 1. The third-order valence-corrected chi connectivity index (χ3v) is 6.73. The Kier molecular flexibility index (Phi) is 2.46. The summed E-state index contributed by atoms with van der Waals surface area (Å²) in [5.41, 5.74) is 10.6. The Labute approximate surface area is 173 Å². The fraction of sp³-hybridized carbons (Fsp3) is 0.0800. The number of aromatic nitrogens is 1. The van der Waals surface area contributed by atoms with Gasteiger partial charge >= 0.3 is 7.05 Å². The maximum atomic E-state index is 6.61. The van der Waals surface area contributed by atoms with Crippen LogP contribution in [0.3, 0.4) is 0 Å². The molecule has 8 rings (SSSR count). The number of hydrogen-bond donors (Lipinski definition) is 0. The van der Waals surface area contributed by atoms with E-state index in [2.05, 4.69) is 71.0 Å². The van der Waals surface area contributed by atoms with Crippen LogP contribution in [0, 0.1) is 6.92 Å².